The lowest BCUT2D eigenvalue weighted by atomic mass is 10.1. The van der Waals surface area contributed by atoms with Gasteiger partial charge in [0.2, 0.25) is 0 Å². The van der Waals surface area contributed by atoms with Crippen molar-refractivity contribution in [2.24, 2.45) is 0 Å². The first-order valence-corrected chi connectivity index (χ1v) is 4.48. The number of aromatic amines is 1. The molecule has 0 bridgehead atoms. The van der Waals surface area contributed by atoms with Crippen LogP contribution in [0, 0.1) is 0 Å². The number of hydrogen-bond donors (Lipinski definition) is 1. The summed E-state index contributed by atoms with van der Waals surface area (Å²) in [4.78, 5) is 7.03. The quantitative estimate of drug-likeness (QED) is 0.801. The van der Waals surface area contributed by atoms with Gasteiger partial charge >= 0.3 is 0 Å². The van der Waals surface area contributed by atoms with Gasteiger partial charge in [0.05, 0.1) is 18.2 Å². The van der Waals surface area contributed by atoms with Crippen LogP contribution < -0.4 is 0 Å². The van der Waals surface area contributed by atoms with Gasteiger partial charge in [-0.1, -0.05) is 30.3 Å². The van der Waals surface area contributed by atoms with Crippen LogP contribution in [0.1, 0.15) is 17.4 Å². The van der Waals surface area contributed by atoms with Crippen molar-refractivity contribution in [3.8, 4) is 0 Å². The molecule has 14 heavy (non-hydrogen) atoms. The summed E-state index contributed by atoms with van der Waals surface area (Å²) in [5.41, 5.74) is 2.10. The maximum absolute atomic E-state index is 5.41. The van der Waals surface area contributed by atoms with E-state index in [9.17, 15) is 0 Å². The summed E-state index contributed by atoms with van der Waals surface area (Å²) in [5, 5.41) is 0. The average molecular weight is 188 g/mol. The summed E-state index contributed by atoms with van der Waals surface area (Å²) in [6.45, 7) is 0. The normalized spacial score (nSPS) is 12.6. The maximum atomic E-state index is 5.41. The molecule has 1 unspecified atom stereocenters. The minimum Gasteiger partial charge on any atom is -0.370 e. The Kier molecular flexibility index (Phi) is 2.60. The molecule has 0 aliphatic heterocycles. The van der Waals surface area contributed by atoms with Gasteiger partial charge in [0.25, 0.3) is 0 Å². The molecule has 0 fully saturated rings. The molecule has 0 saturated heterocycles. The number of nitrogens with one attached hydrogen (secondary N) is 1. The molecule has 3 nitrogen and oxygen atoms in total. The lowest BCUT2D eigenvalue weighted by Gasteiger charge is -2.13. The minimum atomic E-state index is -0.0568. The molecule has 1 N–H and O–H groups in total. The van der Waals surface area contributed by atoms with E-state index in [1.807, 2.05) is 30.3 Å². The Balaban J connectivity index is 2.31. The number of imidazole rings is 1. The van der Waals surface area contributed by atoms with E-state index in [1.165, 1.54) is 0 Å². The Labute approximate surface area is 82.8 Å². The predicted molar refractivity (Wildman–Crippen MR) is 53.9 cm³/mol. The number of hydrogen-bond acceptors (Lipinski definition) is 2. The summed E-state index contributed by atoms with van der Waals surface area (Å²) in [5.74, 6) is 0. The van der Waals surface area contributed by atoms with Crippen LogP contribution in [0.15, 0.2) is 42.9 Å². The van der Waals surface area contributed by atoms with Crippen LogP contribution in [0.2, 0.25) is 0 Å². The zero-order valence-electron chi connectivity index (χ0n) is 7.97. The SMILES string of the molecule is COC(c1ccccc1)c1cnc[nH]1. The van der Waals surface area contributed by atoms with Crippen LogP contribution in [0.3, 0.4) is 0 Å². The smallest absolute Gasteiger partial charge is 0.123 e. The summed E-state index contributed by atoms with van der Waals surface area (Å²) < 4.78 is 5.41. The van der Waals surface area contributed by atoms with E-state index in [2.05, 4.69) is 9.97 Å². The van der Waals surface area contributed by atoms with Crippen molar-refractivity contribution >= 4 is 0 Å². The van der Waals surface area contributed by atoms with Gasteiger partial charge in [-0.3, -0.25) is 0 Å². The van der Waals surface area contributed by atoms with Gasteiger partial charge in [0.15, 0.2) is 0 Å². The average Bonchev–Trinajstić information content (AvgIpc) is 2.74. The molecular formula is C11H12N2O. The first-order chi connectivity index (χ1) is 6.92. The van der Waals surface area contributed by atoms with Gasteiger partial charge in [-0.25, -0.2) is 4.98 Å². The molecule has 0 saturated carbocycles. The molecule has 1 aromatic carbocycles. The number of benzene rings is 1. The highest BCUT2D eigenvalue weighted by Crippen LogP contribution is 2.22. The Hall–Kier alpha value is -1.61. The lowest BCUT2D eigenvalue weighted by Crippen LogP contribution is -2.03. The molecule has 72 valence electrons. The van der Waals surface area contributed by atoms with Crippen LogP contribution in [0.4, 0.5) is 0 Å². The fraction of sp³-hybridized carbons (Fsp3) is 0.182. The zero-order valence-corrected chi connectivity index (χ0v) is 7.97. The third-order valence-electron chi connectivity index (χ3n) is 2.14. The van der Waals surface area contributed by atoms with Gasteiger partial charge in [-0.05, 0) is 5.56 Å². The second-order valence-corrected chi connectivity index (χ2v) is 3.03. The standard InChI is InChI=1S/C11H12N2O/c1-14-11(10-7-12-8-13-10)9-5-3-2-4-6-9/h2-8,11H,1H3,(H,12,13). The summed E-state index contributed by atoms with van der Waals surface area (Å²) in [6, 6.07) is 10.1. The molecule has 2 rings (SSSR count). The number of nitrogens with zero attached hydrogens (tertiary/aromatic N) is 1. The molecule has 1 atom stereocenters. The zero-order chi connectivity index (χ0) is 9.80. The molecule has 1 heterocycles. The van der Waals surface area contributed by atoms with E-state index in [0.717, 1.165) is 11.3 Å². The van der Waals surface area contributed by atoms with E-state index in [4.69, 9.17) is 4.74 Å². The van der Waals surface area contributed by atoms with Gasteiger partial charge < -0.3 is 9.72 Å². The van der Waals surface area contributed by atoms with E-state index < -0.39 is 0 Å². The number of ether oxygens (including phenoxy) is 1. The van der Waals surface area contributed by atoms with Crippen LogP contribution in [0.25, 0.3) is 0 Å². The molecule has 0 amide bonds. The van der Waals surface area contributed by atoms with E-state index in [-0.39, 0.29) is 6.10 Å². The van der Waals surface area contributed by atoms with E-state index in [0.29, 0.717) is 0 Å². The Morgan fingerprint density at radius 3 is 2.64 bits per heavy atom. The second-order valence-electron chi connectivity index (χ2n) is 3.03. The Morgan fingerprint density at radius 2 is 2.07 bits per heavy atom. The van der Waals surface area contributed by atoms with Crippen molar-refractivity contribution in [1.29, 1.82) is 0 Å². The van der Waals surface area contributed by atoms with Gasteiger partial charge in [-0.15, -0.1) is 0 Å². The molecular weight excluding hydrogens is 176 g/mol. The van der Waals surface area contributed by atoms with Crippen LogP contribution in [-0.4, -0.2) is 17.1 Å². The Bertz CT molecular complexity index is 369. The minimum absolute atomic E-state index is 0.0568. The van der Waals surface area contributed by atoms with Crippen molar-refractivity contribution in [2.75, 3.05) is 7.11 Å². The van der Waals surface area contributed by atoms with Crippen LogP contribution in [-0.2, 0) is 4.74 Å². The molecule has 1 aromatic heterocycles. The Morgan fingerprint density at radius 1 is 1.29 bits per heavy atom. The van der Waals surface area contributed by atoms with Crippen LogP contribution >= 0.6 is 0 Å². The van der Waals surface area contributed by atoms with Crippen molar-refractivity contribution in [2.45, 2.75) is 6.10 Å². The van der Waals surface area contributed by atoms with Crippen molar-refractivity contribution in [3.05, 3.63) is 54.1 Å². The monoisotopic (exact) mass is 188 g/mol. The molecule has 2 aromatic rings. The third-order valence-corrected chi connectivity index (χ3v) is 2.14. The second kappa shape index (κ2) is 4.07. The summed E-state index contributed by atoms with van der Waals surface area (Å²) in [6.07, 6.45) is 3.38. The van der Waals surface area contributed by atoms with Crippen molar-refractivity contribution < 1.29 is 4.74 Å². The maximum Gasteiger partial charge on any atom is 0.123 e. The number of H-pyrrole nitrogens is 1. The highest BCUT2D eigenvalue weighted by Gasteiger charge is 2.13. The van der Waals surface area contributed by atoms with E-state index >= 15 is 0 Å². The topological polar surface area (TPSA) is 37.9 Å². The third kappa shape index (κ3) is 1.67. The van der Waals surface area contributed by atoms with E-state index in [1.54, 1.807) is 19.6 Å². The van der Waals surface area contributed by atoms with Crippen LogP contribution in [0.5, 0.6) is 0 Å². The number of rotatable bonds is 3. The highest BCUT2D eigenvalue weighted by atomic mass is 16.5. The molecule has 0 aliphatic rings. The predicted octanol–water partition coefficient (Wildman–Crippen LogP) is 2.15. The largest absolute Gasteiger partial charge is 0.370 e. The highest BCUT2D eigenvalue weighted by molar-refractivity contribution is 5.24. The van der Waals surface area contributed by atoms with Gasteiger partial charge in [-0.2, -0.15) is 0 Å². The summed E-state index contributed by atoms with van der Waals surface area (Å²) >= 11 is 0. The first kappa shape index (κ1) is 8.97. The molecule has 0 radical (unpaired) electrons. The first-order valence-electron chi connectivity index (χ1n) is 4.48. The van der Waals surface area contributed by atoms with Gasteiger partial charge in [0, 0.05) is 7.11 Å². The lowest BCUT2D eigenvalue weighted by molar-refractivity contribution is 0.133. The van der Waals surface area contributed by atoms with Crippen molar-refractivity contribution in [3.63, 3.8) is 0 Å². The van der Waals surface area contributed by atoms with Crippen molar-refractivity contribution in [1.82, 2.24) is 9.97 Å². The molecule has 0 spiro atoms. The number of aromatic nitrogens is 2. The fourth-order valence-corrected chi connectivity index (χ4v) is 1.48. The molecule has 3 heteroatoms. The summed E-state index contributed by atoms with van der Waals surface area (Å²) in [7, 11) is 1.69. The number of methoxy groups -OCH3 is 1. The molecule has 0 aliphatic carbocycles. The fourth-order valence-electron chi connectivity index (χ4n) is 1.48. The van der Waals surface area contributed by atoms with Gasteiger partial charge in [0.1, 0.15) is 6.10 Å².